The maximum atomic E-state index is 13.6. The number of hydrazone groups is 1. The van der Waals surface area contributed by atoms with Crippen molar-refractivity contribution >= 4 is 35.4 Å². The van der Waals surface area contributed by atoms with Gasteiger partial charge in [-0.1, -0.05) is 42.5 Å². The van der Waals surface area contributed by atoms with Crippen molar-refractivity contribution < 1.29 is 14.0 Å². The Labute approximate surface area is 165 Å². The van der Waals surface area contributed by atoms with Crippen LogP contribution in [-0.4, -0.2) is 18.0 Å². The monoisotopic (exact) mass is 393 g/mol. The van der Waals surface area contributed by atoms with E-state index < -0.39 is 17.6 Å². The van der Waals surface area contributed by atoms with Crippen LogP contribution in [0.15, 0.2) is 82.9 Å². The van der Waals surface area contributed by atoms with Crippen LogP contribution in [-0.2, 0) is 4.79 Å². The summed E-state index contributed by atoms with van der Waals surface area (Å²) in [6.07, 6.45) is 2.76. The van der Waals surface area contributed by atoms with E-state index in [1.165, 1.54) is 29.7 Å². The number of amides is 2. The molecule has 2 amide bonds. The van der Waals surface area contributed by atoms with Gasteiger partial charge in [-0.3, -0.25) is 9.59 Å². The third-order valence-electron chi connectivity index (χ3n) is 3.63. The van der Waals surface area contributed by atoms with E-state index in [1.54, 1.807) is 48.5 Å². The molecule has 0 radical (unpaired) electrons. The molecule has 0 unspecified atom stereocenters. The highest BCUT2D eigenvalue weighted by Crippen LogP contribution is 2.13. The molecule has 0 spiro atoms. The second-order valence-corrected chi connectivity index (χ2v) is 6.59. The molecule has 0 saturated carbocycles. The highest BCUT2D eigenvalue weighted by molar-refractivity contribution is 7.10. The van der Waals surface area contributed by atoms with Crippen LogP contribution in [0.2, 0.25) is 0 Å². The van der Waals surface area contributed by atoms with E-state index >= 15 is 0 Å². The number of carbonyl (C=O) groups excluding carboxylic acids is 2. The summed E-state index contributed by atoms with van der Waals surface area (Å²) in [6.45, 7) is 0. The molecule has 2 aromatic carbocycles. The summed E-state index contributed by atoms with van der Waals surface area (Å²) in [7, 11) is 0. The molecular formula is C21H16FN3O2S. The largest absolute Gasteiger partial charge is 0.317 e. The quantitative estimate of drug-likeness (QED) is 0.380. The molecule has 28 heavy (non-hydrogen) atoms. The first-order valence-electron chi connectivity index (χ1n) is 8.33. The van der Waals surface area contributed by atoms with E-state index in [2.05, 4.69) is 15.8 Å². The zero-order valence-electron chi connectivity index (χ0n) is 14.6. The van der Waals surface area contributed by atoms with E-state index in [4.69, 9.17) is 0 Å². The molecule has 0 aliphatic heterocycles. The Morgan fingerprint density at radius 1 is 0.964 bits per heavy atom. The molecule has 140 valence electrons. The van der Waals surface area contributed by atoms with Crippen LogP contribution in [0.4, 0.5) is 4.39 Å². The normalized spacial score (nSPS) is 11.4. The van der Waals surface area contributed by atoms with Gasteiger partial charge in [0.05, 0.1) is 6.21 Å². The number of rotatable bonds is 6. The Balaban J connectivity index is 1.76. The number of thiophene rings is 1. The van der Waals surface area contributed by atoms with Gasteiger partial charge in [0.25, 0.3) is 11.8 Å². The zero-order valence-corrected chi connectivity index (χ0v) is 15.4. The Morgan fingerprint density at radius 2 is 1.71 bits per heavy atom. The highest BCUT2D eigenvalue weighted by Gasteiger charge is 2.14. The second kappa shape index (κ2) is 9.38. The SMILES string of the molecule is O=C(N/N=C/c1ccccc1F)/C(=C\c1cccs1)NC(=O)c1ccccc1. The molecule has 0 saturated heterocycles. The summed E-state index contributed by atoms with van der Waals surface area (Å²) in [5.74, 6) is -1.49. The fourth-order valence-electron chi connectivity index (χ4n) is 2.26. The van der Waals surface area contributed by atoms with Crippen molar-refractivity contribution in [2.75, 3.05) is 0 Å². The Morgan fingerprint density at radius 3 is 2.43 bits per heavy atom. The molecule has 1 aromatic heterocycles. The first-order valence-corrected chi connectivity index (χ1v) is 9.21. The predicted octanol–water partition coefficient (Wildman–Crippen LogP) is 3.81. The van der Waals surface area contributed by atoms with Gasteiger partial charge in [0.1, 0.15) is 11.5 Å². The fraction of sp³-hybridized carbons (Fsp3) is 0. The van der Waals surface area contributed by atoms with E-state index in [1.807, 2.05) is 17.5 Å². The third-order valence-corrected chi connectivity index (χ3v) is 4.45. The van der Waals surface area contributed by atoms with Gasteiger partial charge in [-0.2, -0.15) is 5.10 Å². The maximum Gasteiger partial charge on any atom is 0.287 e. The lowest BCUT2D eigenvalue weighted by Crippen LogP contribution is -2.32. The van der Waals surface area contributed by atoms with Gasteiger partial charge in [0, 0.05) is 16.0 Å². The van der Waals surface area contributed by atoms with Gasteiger partial charge in [-0.25, -0.2) is 9.82 Å². The van der Waals surface area contributed by atoms with Crippen molar-refractivity contribution in [2.45, 2.75) is 0 Å². The number of nitrogens with one attached hydrogen (secondary N) is 2. The summed E-state index contributed by atoms with van der Waals surface area (Å²) in [6, 6.07) is 18.3. The molecule has 2 N–H and O–H groups in total. The van der Waals surface area contributed by atoms with E-state index in [0.29, 0.717) is 5.56 Å². The number of carbonyl (C=O) groups is 2. The van der Waals surface area contributed by atoms with Gasteiger partial charge in [0.2, 0.25) is 0 Å². The van der Waals surface area contributed by atoms with Gasteiger partial charge >= 0.3 is 0 Å². The summed E-state index contributed by atoms with van der Waals surface area (Å²) < 4.78 is 13.6. The molecule has 0 atom stereocenters. The number of benzene rings is 2. The lowest BCUT2D eigenvalue weighted by atomic mass is 10.2. The van der Waals surface area contributed by atoms with Crippen LogP contribution in [0.3, 0.4) is 0 Å². The summed E-state index contributed by atoms with van der Waals surface area (Å²) in [4.78, 5) is 25.7. The minimum Gasteiger partial charge on any atom is -0.317 e. The smallest absolute Gasteiger partial charge is 0.287 e. The molecule has 7 heteroatoms. The lowest BCUT2D eigenvalue weighted by molar-refractivity contribution is -0.117. The number of nitrogens with zero attached hydrogens (tertiary/aromatic N) is 1. The topological polar surface area (TPSA) is 70.6 Å². The van der Waals surface area contributed by atoms with Crippen molar-refractivity contribution in [2.24, 2.45) is 5.10 Å². The van der Waals surface area contributed by atoms with Gasteiger partial charge < -0.3 is 5.32 Å². The van der Waals surface area contributed by atoms with E-state index in [-0.39, 0.29) is 11.3 Å². The van der Waals surface area contributed by atoms with Gasteiger partial charge in [-0.05, 0) is 35.7 Å². The number of halogens is 1. The summed E-state index contributed by atoms with van der Waals surface area (Å²) in [5.41, 5.74) is 3.00. The van der Waals surface area contributed by atoms with Gasteiger partial charge in [0.15, 0.2) is 0 Å². The third kappa shape index (κ3) is 5.21. The highest BCUT2D eigenvalue weighted by atomic mass is 32.1. The molecule has 0 aliphatic carbocycles. The first kappa shape index (κ1) is 19.2. The lowest BCUT2D eigenvalue weighted by Gasteiger charge is -2.08. The summed E-state index contributed by atoms with van der Waals surface area (Å²) >= 11 is 1.42. The fourth-order valence-corrected chi connectivity index (χ4v) is 2.92. The Kier molecular flexibility index (Phi) is 6.43. The average molecular weight is 393 g/mol. The summed E-state index contributed by atoms with van der Waals surface area (Å²) in [5, 5.41) is 8.24. The van der Waals surface area contributed by atoms with Crippen LogP contribution in [0, 0.1) is 5.82 Å². The molecule has 5 nitrogen and oxygen atoms in total. The number of hydrogen-bond acceptors (Lipinski definition) is 4. The molecule has 1 heterocycles. The van der Waals surface area contributed by atoms with Crippen LogP contribution < -0.4 is 10.7 Å². The minimum absolute atomic E-state index is 0.0296. The minimum atomic E-state index is -0.620. The predicted molar refractivity (Wildman–Crippen MR) is 108 cm³/mol. The standard InChI is InChI=1S/C21H16FN3O2S/c22-18-11-5-4-9-16(18)14-23-25-21(27)19(13-17-10-6-12-28-17)24-20(26)15-7-2-1-3-8-15/h1-14H,(H,24,26)(H,25,27)/b19-13+,23-14+. The molecular weight excluding hydrogens is 377 g/mol. The van der Waals surface area contributed by atoms with Crippen LogP contribution >= 0.6 is 11.3 Å². The van der Waals surface area contributed by atoms with Crippen molar-refractivity contribution in [3.05, 3.63) is 99.6 Å². The van der Waals surface area contributed by atoms with Crippen molar-refractivity contribution in [3.8, 4) is 0 Å². The van der Waals surface area contributed by atoms with E-state index in [9.17, 15) is 14.0 Å². The molecule has 3 rings (SSSR count). The molecule has 0 fully saturated rings. The van der Waals surface area contributed by atoms with Crippen LogP contribution in [0.25, 0.3) is 6.08 Å². The van der Waals surface area contributed by atoms with Crippen molar-refractivity contribution in [1.82, 2.24) is 10.7 Å². The average Bonchev–Trinajstić information content (AvgIpc) is 3.22. The van der Waals surface area contributed by atoms with Crippen molar-refractivity contribution in [1.29, 1.82) is 0 Å². The van der Waals surface area contributed by atoms with Crippen LogP contribution in [0.1, 0.15) is 20.8 Å². The Hall–Kier alpha value is -3.58. The van der Waals surface area contributed by atoms with Gasteiger partial charge in [-0.15, -0.1) is 11.3 Å². The number of hydrogen-bond donors (Lipinski definition) is 2. The molecule has 0 aliphatic rings. The molecule has 3 aromatic rings. The first-order chi connectivity index (χ1) is 13.6. The Bertz CT molecular complexity index is 1020. The second-order valence-electron chi connectivity index (χ2n) is 5.61. The van der Waals surface area contributed by atoms with E-state index in [0.717, 1.165) is 4.88 Å². The van der Waals surface area contributed by atoms with Crippen LogP contribution in [0.5, 0.6) is 0 Å². The zero-order chi connectivity index (χ0) is 19.8. The maximum absolute atomic E-state index is 13.6. The molecule has 0 bridgehead atoms. The van der Waals surface area contributed by atoms with Crippen molar-refractivity contribution in [3.63, 3.8) is 0 Å².